The van der Waals surface area contributed by atoms with Crippen LogP contribution in [0.3, 0.4) is 0 Å². The molecule has 8 heteroatoms. The molecule has 146 valence electrons. The van der Waals surface area contributed by atoms with Crippen LogP contribution in [0.4, 0.5) is 8.78 Å². The molecular formula is C20H19F2N3O2S. The zero-order chi connectivity index (χ0) is 19.7. The number of rotatable bonds is 5. The second-order valence-electron chi connectivity index (χ2n) is 6.67. The Morgan fingerprint density at radius 2 is 2.21 bits per heavy atom. The molecule has 28 heavy (non-hydrogen) atoms. The predicted octanol–water partition coefficient (Wildman–Crippen LogP) is 4.17. The Balaban J connectivity index is 1.57. The first kappa shape index (κ1) is 18.8. The number of hydrogen-bond donors (Lipinski definition) is 1. The van der Waals surface area contributed by atoms with E-state index in [2.05, 4.69) is 10.4 Å². The van der Waals surface area contributed by atoms with Crippen LogP contribution in [-0.2, 0) is 17.8 Å². The summed E-state index contributed by atoms with van der Waals surface area (Å²) < 4.78 is 34.0. The third kappa shape index (κ3) is 3.57. The summed E-state index contributed by atoms with van der Waals surface area (Å²) in [5.41, 5.74) is 1.92. The van der Waals surface area contributed by atoms with Crippen LogP contribution in [0.5, 0.6) is 0 Å². The van der Waals surface area contributed by atoms with Crippen molar-refractivity contribution >= 4 is 17.2 Å². The van der Waals surface area contributed by atoms with Gasteiger partial charge in [0, 0.05) is 29.3 Å². The van der Waals surface area contributed by atoms with Gasteiger partial charge in [-0.2, -0.15) is 5.10 Å². The summed E-state index contributed by atoms with van der Waals surface area (Å²) in [6.45, 7) is 0.474. The summed E-state index contributed by atoms with van der Waals surface area (Å²) in [5.74, 6) is -1.44. The third-order valence-electron chi connectivity index (χ3n) is 4.80. The molecule has 4 rings (SSSR count). The summed E-state index contributed by atoms with van der Waals surface area (Å²) >= 11 is 1.40. The van der Waals surface area contributed by atoms with Gasteiger partial charge < -0.3 is 10.1 Å². The summed E-state index contributed by atoms with van der Waals surface area (Å²) in [7, 11) is 1.62. The SMILES string of the molecule is COCc1ccc(C(=O)N[C@H]2CCCc3c2cnn3-c2ccc(F)cc2F)s1. The molecule has 2 aromatic heterocycles. The number of ether oxygens (including phenoxy) is 1. The first-order valence-corrected chi connectivity index (χ1v) is 9.79. The van der Waals surface area contributed by atoms with E-state index >= 15 is 0 Å². The van der Waals surface area contributed by atoms with Gasteiger partial charge in [0.25, 0.3) is 5.91 Å². The molecule has 0 aliphatic heterocycles. The van der Waals surface area contributed by atoms with Gasteiger partial charge in [-0.25, -0.2) is 13.5 Å². The minimum absolute atomic E-state index is 0.147. The number of halogens is 2. The van der Waals surface area contributed by atoms with Crippen molar-refractivity contribution in [3.63, 3.8) is 0 Å². The second kappa shape index (κ2) is 7.81. The van der Waals surface area contributed by atoms with Crippen LogP contribution in [-0.4, -0.2) is 22.8 Å². The lowest BCUT2D eigenvalue weighted by Crippen LogP contribution is -2.30. The molecule has 1 aromatic carbocycles. The summed E-state index contributed by atoms with van der Waals surface area (Å²) in [6.07, 6.45) is 4.00. The summed E-state index contributed by atoms with van der Waals surface area (Å²) in [6, 6.07) is 6.91. The maximum atomic E-state index is 14.2. The highest BCUT2D eigenvalue weighted by Crippen LogP contribution is 2.32. The second-order valence-corrected chi connectivity index (χ2v) is 7.84. The normalized spacial score (nSPS) is 16.0. The van der Waals surface area contributed by atoms with Crippen LogP contribution >= 0.6 is 11.3 Å². The number of methoxy groups -OCH3 is 1. The predicted molar refractivity (Wildman–Crippen MR) is 102 cm³/mol. The van der Waals surface area contributed by atoms with E-state index in [-0.39, 0.29) is 17.6 Å². The van der Waals surface area contributed by atoms with Crippen molar-refractivity contribution in [1.82, 2.24) is 15.1 Å². The fourth-order valence-electron chi connectivity index (χ4n) is 3.52. The molecule has 0 bridgehead atoms. The van der Waals surface area contributed by atoms with E-state index in [1.54, 1.807) is 19.4 Å². The van der Waals surface area contributed by atoms with E-state index in [1.807, 2.05) is 6.07 Å². The lowest BCUT2D eigenvalue weighted by atomic mass is 9.93. The number of aromatic nitrogens is 2. The van der Waals surface area contributed by atoms with E-state index in [0.717, 1.165) is 41.5 Å². The Hall–Kier alpha value is -2.58. The van der Waals surface area contributed by atoms with E-state index in [1.165, 1.54) is 28.2 Å². The van der Waals surface area contributed by atoms with Crippen molar-refractivity contribution in [3.05, 3.63) is 69.2 Å². The van der Waals surface area contributed by atoms with Gasteiger partial charge in [0.2, 0.25) is 0 Å². The monoisotopic (exact) mass is 403 g/mol. The minimum atomic E-state index is -0.665. The van der Waals surface area contributed by atoms with Crippen LogP contribution in [0, 0.1) is 11.6 Å². The van der Waals surface area contributed by atoms with Crippen LogP contribution in [0.2, 0.25) is 0 Å². The Labute approximate surface area is 164 Å². The standard InChI is InChI=1S/C20H19F2N3O2S/c1-27-11-13-6-8-19(28-13)20(26)24-16-3-2-4-17-14(16)10-23-25(17)18-7-5-12(21)9-15(18)22/h5-10,16H,2-4,11H2,1H3,(H,24,26)/t16-/m0/s1. The number of thiophene rings is 1. The molecule has 0 saturated carbocycles. The molecule has 3 aromatic rings. The van der Waals surface area contributed by atoms with Gasteiger partial charge in [-0.3, -0.25) is 4.79 Å². The average Bonchev–Trinajstić information content (AvgIpc) is 3.30. The molecule has 1 N–H and O–H groups in total. The fourth-order valence-corrected chi connectivity index (χ4v) is 4.40. The Bertz CT molecular complexity index is 1010. The van der Waals surface area contributed by atoms with E-state index in [0.29, 0.717) is 11.5 Å². The van der Waals surface area contributed by atoms with Crippen molar-refractivity contribution < 1.29 is 18.3 Å². The first-order chi connectivity index (χ1) is 13.6. The highest BCUT2D eigenvalue weighted by Gasteiger charge is 2.27. The maximum Gasteiger partial charge on any atom is 0.261 e. The molecule has 1 aliphatic carbocycles. The van der Waals surface area contributed by atoms with Crippen molar-refractivity contribution in [1.29, 1.82) is 0 Å². The van der Waals surface area contributed by atoms with Crippen LogP contribution in [0.25, 0.3) is 5.69 Å². The number of nitrogens with one attached hydrogen (secondary N) is 1. The van der Waals surface area contributed by atoms with Gasteiger partial charge in [0.05, 0.1) is 23.7 Å². The van der Waals surface area contributed by atoms with Crippen LogP contribution < -0.4 is 5.32 Å². The van der Waals surface area contributed by atoms with E-state index < -0.39 is 11.6 Å². The molecule has 0 radical (unpaired) electrons. The molecule has 0 spiro atoms. The highest BCUT2D eigenvalue weighted by atomic mass is 32.1. The van der Waals surface area contributed by atoms with Crippen molar-refractivity contribution in [2.24, 2.45) is 0 Å². The third-order valence-corrected chi connectivity index (χ3v) is 5.86. The molecule has 0 fully saturated rings. The molecule has 5 nitrogen and oxygen atoms in total. The lowest BCUT2D eigenvalue weighted by Gasteiger charge is -2.24. The molecule has 1 atom stereocenters. The number of benzene rings is 1. The van der Waals surface area contributed by atoms with Crippen molar-refractivity contribution in [2.75, 3.05) is 7.11 Å². The largest absolute Gasteiger partial charge is 0.379 e. The van der Waals surface area contributed by atoms with Gasteiger partial charge >= 0.3 is 0 Å². The maximum absolute atomic E-state index is 14.2. The van der Waals surface area contributed by atoms with Gasteiger partial charge in [-0.05, 0) is 43.5 Å². The van der Waals surface area contributed by atoms with Gasteiger partial charge in [-0.1, -0.05) is 0 Å². The Kier molecular flexibility index (Phi) is 5.23. The summed E-state index contributed by atoms with van der Waals surface area (Å²) in [5, 5.41) is 7.37. The Morgan fingerprint density at radius 1 is 1.36 bits per heavy atom. The molecule has 0 unspecified atom stereocenters. The number of carbonyl (C=O) groups is 1. The lowest BCUT2D eigenvalue weighted by molar-refractivity contribution is 0.0937. The number of carbonyl (C=O) groups excluding carboxylic acids is 1. The van der Waals surface area contributed by atoms with Crippen molar-refractivity contribution in [3.8, 4) is 5.69 Å². The van der Waals surface area contributed by atoms with Crippen LogP contribution in [0.15, 0.2) is 36.5 Å². The topological polar surface area (TPSA) is 56.1 Å². The molecule has 1 aliphatic rings. The van der Waals surface area contributed by atoms with Gasteiger partial charge in [0.15, 0.2) is 5.82 Å². The summed E-state index contributed by atoms with van der Waals surface area (Å²) in [4.78, 5) is 14.2. The van der Waals surface area contributed by atoms with Gasteiger partial charge in [-0.15, -0.1) is 11.3 Å². The fraction of sp³-hybridized carbons (Fsp3) is 0.300. The molecular weight excluding hydrogens is 384 g/mol. The number of amides is 1. The number of hydrogen-bond acceptors (Lipinski definition) is 4. The van der Waals surface area contributed by atoms with E-state index in [9.17, 15) is 13.6 Å². The van der Waals surface area contributed by atoms with Crippen LogP contribution in [0.1, 0.15) is 44.7 Å². The quantitative estimate of drug-likeness (QED) is 0.696. The number of nitrogens with zero attached hydrogens (tertiary/aromatic N) is 2. The van der Waals surface area contributed by atoms with Crippen molar-refractivity contribution in [2.45, 2.75) is 31.9 Å². The molecule has 0 saturated heterocycles. The molecule has 2 heterocycles. The smallest absolute Gasteiger partial charge is 0.261 e. The van der Waals surface area contributed by atoms with Gasteiger partial charge in [0.1, 0.15) is 11.5 Å². The molecule has 1 amide bonds. The zero-order valence-corrected chi connectivity index (χ0v) is 16.1. The van der Waals surface area contributed by atoms with E-state index in [4.69, 9.17) is 4.74 Å². The highest BCUT2D eigenvalue weighted by molar-refractivity contribution is 7.14. The minimum Gasteiger partial charge on any atom is -0.379 e. The number of fused-ring (bicyclic) bond motifs is 1. The first-order valence-electron chi connectivity index (χ1n) is 8.97. The average molecular weight is 403 g/mol. The Morgan fingerprint density at radius 3 is 3.00 bits per heavy atom. The zero-order valence-electron chi connectivity index (χ0n) is 15.2.